The molecule has 10 heteroatoms. The van der Waals surface area contributed by atoms with Gasteiger partial charge in [0.1, 0.15) is 6.04 Å². The zero-order valence-electron chi connectivity index (χ0n) is 12.8. The lowest BCUT2D eigenvalue weighted by atomic mass is 10.1. The molecule has 0 amide bonds. The van der Waals surface area contributed by atoms with Crippen LogP contribution < -0.4 is 16.8 Å². The number of aliphatic hydroxyl groups excluding tert-OH is 2. The summed E-state index contributed by atoms with van der Waals surface area (Å²) in [6.07, 6.45) is 1.35. The maximum absolute atomic E-state index is 10.5. The Bertz CT molecular complexity index is 489. The highest BCUT2D eigenvalue weighted by atomic mass is 16.4. The Balaban J connectivity index is 2.16. The number of rotatable bonds is 11. The third-order valence-electron chi connectivity index (χ3n) is 3.28. The molecule has 10 nitrogen and oxygen atoms in total. The lowest BCUT2D eigenvalue weighted by molar-refractivity contribution is -0.138. The number of aromatic nitrogens is 3. The highest BCUT2D eigenvalue weighted by Crippen LogP contribution is 2.03. The van der Waals surface area contributed by atoms with Crippen LogP contribution in [0.3, 0.4) is 0 Å². The second-order valence-corrected chi connectivity index (χ2v) is 5.29. The van der Waals surface area contributed by atoms with E-state index in [1.54, 1.807) is 0 Å². The van der Waals surface area contributed by atoms with Gasteiger partial charge in [0, 0.05) is 13.0 Å². The molecule has 1 rings (SSSR count). The Hall–Kier alpha value is -1.88. The van der Waals surface area contributed by atoms with Crippen molar-refractivity contribution in [1.82, 2.24) is 20.5 Å². The first-order valence-corrected chi connectivity index (χ1v) is 7.39. The fourth-order valence-corrected chi connectivity index (χ4v) is 1.93. The van der Waals surface area contributed by atoms with Gasteiger partial charge in [-0.05, 0) is 19.4 Å². The number of aliphatic carboxylic acids is 1. The molecule has 0 saturated heterocycles. The smallest absolute Gasteiger partial charge is 0.320 e. The molecule has 1 aromatic heterocycles. The summed E-state index contributed by atoms with van der Waals surface area (Å²) >= 11 is 0. The average molecular weight is 329 g/mol. The van der Waals surface area contributed by atoms with E-state index in [4.69, 9.17) is 16.6 Å². The second-order valence-electron chi connectivity index (χ2n) is 5.29. The second kappa shape index (κ2) is 10.0. The number of unbranched alkanes of at least 4 members (excludes halogenated alkanes) is 1. The molecule has 0 fully saturated rings. The third kappa shape index (κ3) is 7.79. The van der Waals surface area contributed by atoms with Gasteiger partial charge in [0.2, 0.25) is 5.95 Å². The fourth-order valence-electron chi connectivity index (χ4n) is 1.93. The summed E-state index contributed by atoms with van der Waals surface area (Å²) in [5.74, 6) is -0.988. The zero-order chi connectivity index (χ0) is 17.2. The minimum absolute atomic E-state index is 0.0156. The topological polar surface area (TPSA) is 180 Å². The molecule has 23 heavy (non-hydrogen) atoms. The van der Waals surface area contributed by atoms with Crippen molar-refractivity contribution in [2.75, 3.05) is 18.8 Å². The maximum Gasteiger partial charge on any atom is 0.320 e. The predicted octanol–water partition coefficient (Wildman–Crippen LogP) is -2.11. The molecular formula is C13H24N6O4. The standard InChI is InChI=1S/C13H24N6O4/c14-9(12(22)23)3-1-2-4-16-7-11(21)10(20)5-8-6-17-19-13(15)18-8/h6,9-11,16,20-21H,1-5,7,14H2,(H,22,23)(H2,15,18,19)/t9-,10-,11+/m0/s1/i7+1. The van der Waals surface area contributed by atoms with E-state index < -0.39 is 24.2 Å². The summed E-state index contributed by atoms with van der Waals surface area (Å²) in [6, 6.07) is -0.837. The van der Waals surface area contributed by atoms with Crippen molar-refractivity contribution in [3.05, 3.63) is 11.9 Å². The van der Waals surface area contributed by atoms with Crippen LogP contribution in [0.1, 0.15) is 25.0 Å². The van der Waals surface area contributed by atoms with Crippen LogP contribution in [0.15, 0.2) is 6.20 Å². The minimum Gasteiger partial charge on any atom is -0.480 e. The van der Waals surface area contributed by atoms with E-state index in [1.165, 1.54) is 6.20 Å². The molecule has 0 aliphatic heterocycles. The van der Waals surface area contributed by atoms with Crippen molar-refractivity contribution in [2.24, 2.45) is 5.73 Å². The summed E-state index contributed by atoms with van der Waals surface area (Å²) in [5.41, 5.74) is 11.2. The quantitative estimate of drug-likeness (QED) is 0.194. The summed E-state index contributed by atoms with van der Waals surface area (Å²) in [6.45, 7) is 0.804. The van der Waals surface area contributed by atoms with Crippen LogP contribution in [-0.4, -0.2) is 67.8 Å². The molecule has 0 saturated carbocycles. The molecule has 1 aromatic rings. The minimum atomic E-state index is -1.00. The van der Waals surface area contributed by atoms with Crippen LogP contribution >= 0.6 is 0 Å². The molecule has 0 bridgehead atoms. The van der Waals surface area contributed by atoms with Crippen LogP contribution in [0.2, 0.25) is 0 Å². The van der Waals surface area contributed by atoms with E-state index in [-0.39, 0.29) is 18.9 Å². The Morgan fingerprint density at radius 3 is 2.70 bits per heavy atom. The van der Waals surface area contributed by atoms with Gasteiger partial charge < -0.3 is 32.1 Å². The summed E-state index contributed by atoms with van der Waals surface area (Å²) < 4.78 is 0. The number of hydrogen-bond acceptors (Lipinski definition) is 9. The number of anilines is 1. The number of hydrogen-bond donors (Lipinski definition) is 6. The highest BCUT2D eigenvalue weighted by Gasteiger charge is 2.17. The van der Waals surface area contributed by atoms with Crippen molar-refractivity contribution in [2.45, 2.75) is 43.9 Å². The molecule has 0 unspecified atom stereocenters. The number of carbonyl (C=O) groups is 1. The molecule has 0 aliphatic rings. The van der Waals surface area contributed by atoms with E-state index in [9.17, 15) is 15.0 Å². The molecule has 1 heterocycles. The van der Waals surface area contributed by atoms with Crippen molar-refractivity contribution in [3.63, 3.8) is 0 Å². The van der Waals surface area contributed by atoms with E-state index in [0.717, 1.165) is 6.42 Å². The fraction of sp³-hybridized carbons (Fsp3) is 0.692. The third-order valence-corrected chi connectivity index (χ3v) is 3.28. The van der Waals surface area contributed by atoms with Crippen molar-refractivity contribution in [1.29, 1.82) is 0 Å². The van der Waals surface area contributed by atoms with Gasteiger partial charge >= 0.3 is 5.97 Å². The number of nitrogens with one attached hydrogen (secondary N) is 1. The van der Waals surface area contributed by atoms with Crippen molar-refractivity contribution >= 4 is 11.9 Å². The van der Waals surface area contributed by atoms with Gasteiger partial charge in [-0.2, -0.15) is 5.10 Å². The van der Waals surface area contributed by atoms with Gasteiger partial charge in [-0.3, -0.25) is 4.79 Å². The largest absolute Gasteiger partial charge is 0.480 e. The number of aliphatic hydroxyl groups is 2. The van der Waals surface area contributed by atoms with Crippen molar-refractivity contribution in [3.8, 4) is 0 Å². The lowest BCUT2D eigenvalue weighted by Gasteiger charge is -2.18. The van der Waals surface area contributed by atoms with E-state index >= 15 is 0 Å². The molecule has 0 aromatic carbocycles. The van der Waals surface area contributed by atoms with Gasteiger partial charge in [0.25, 0.3) is 0 Å². The average Bonchev–Trinajstić information content (AvgIpc) is 2.50. The van der Waals surface area contributed by atoms with Crippen LogP contribution in [0.25, 0.3) is 0 Å². The monoisotopic (exact) mass is 329 g/mol. The summed E-state index contributed by atoms with van der Waals surface area (Å²) in [5, 5.41) is 38.5. The van der Waals surface area contributed by atoms with Gasteiger partial charge in [-0.25, -0.2) is 4.98 Å². The first-order chi connectivity index (χ1) is 10.9. The molecule has 8 N–H and O–H groups in total. The Labute approximate surface area is 133 Å². The Kier molecular flexibility index (Phi) is 8.33. The van der Waals surface area contributed by atoms with Crippen LogP contribution in [-0.2, 0) is 11.2 Å². The van der Waals surface area contributed by atoms with Crippen LogP contribution in [0.5, 0.6) is 0 Å². The van der Waals surface area contributed by atoms with Crippen molar-refractivity contribution < 1.29 is 20.1 Å². The highest BCUT2D eigenvalue weighted by molar-refractivity contribution is 5.72. The predicted molar refractivity (Wildman–Crippen MR) is 82.3 cm³/mol. The van der Waals surface area contributed by atoms with Crippen LogP contribution in [0, 0.1) is 0 Å². The van der Waals surface area contributed by atoms with Gasteiger partial charge in [-0.1, -0.05) is 6.42 Å². The Morgan fingerprint density at radius 1 is 1.30 bits per heavy atom. The van der Waals surface area contributed by atoms with E-state index in [1.807, 2.05) is 0 Å². The molecule has 3 atom stereocenters. The molecule has 0 spiro atoms. The van der Waals surface area contributed by atoms with E-state index in [0.29, 0.717) is 25.1 Å². The number of nitrogens with two attached hydrogens (primary N) is 2. The molecular weight excluding hydrogens is 305 g/mol. The number of carboxylic acid groups (broad SMARTS) is 1. The summed E-state index contributed by atoms with van der Waals surface area (Å²) in [4.78, 5) is 14.4. The SMILES string of the molecule is Nc1nncc(C[C@H](O)[C@H](O)[13CH2]NCCCC[C@H](N)C(=O)O)n1. The van der Waals surface area contributed by atoms with Gasteiger partial charge in [-0.15, -0.1) is 5.10 Å². The first-order valence-electron chi connectivity index (χ1n) is 7.39. The lowest BCUT2D eigenvalue weighted by Crippen LogP contribution is -2.38. The number of nitrogen functional groups attached to an aromatic ring is 1. The molecule has 130 valence electrons. The maximum atomic E-state index is 10.5. The molecule has 0 aliphatic carbocycles. The Morgan fingerprint density at radius 2 is 2.04 bits per heavy atom. The number of carboxylic acids is 1. The summed E-state index contributed by atoms with van der Waals surface area (Å²) in [7, 11) is 0. The molecule has 0 radical (unpaired) electrons. The van der Waals surface area contributed by atoms with Gasteiger partial charge in [0.15, 0.2) is 0 Å². The number of nitrogens with zero attached hydrogens (tertiary/aromatic N) is 3. The first kappa shape index (κ1) is 19.2. The van der Waals surface area contributed by atoms with E-state index in [2.05, 4.69) is 20.5 Å². The van der Waals surface area contributed by atoms with Crippen LogP contribution in [0.4, 0.5) is 5.95 Å². The zero-order valence-corrected chi connectivity index (χ0v) is 12.8. The van der Waals surface area contributed by atoms with Gasteiger partial charge in [0.05, 0.1) is 24.1 Å². The normalized spacial score (nSPS) is 15.1.